The van der Waals surface area contributed by atoms with Crippen LogP contribution in [0.15, 0.2) is 0 Å². The van der Waals surface area contributed by atoms with Crippen LogP contribution in [0.3, 0.4) is 0 Å². The molecule has 1 aromatic rings. The maximum Gasteiger partial charge on any atom is 0.156 e. The van der Waals surface area contributed by atoms with Crippen LogP contribution in [-0.2, 0) is 4.74 Å². The Morgan fingerprint density at radius 2 is 2.15 bits per heavy atom. The summed E-state index contributed by atoms with van der Waals surface area (Å²) in [5.41, 5.74) is 0. The summed E-state index contributed by atoms with van der Waals surface area (Å²) in [6.07, 6.45) is 3.62. The van der Waals surface area contributed by atoms with E-state index in [1.807, 2.05) is 0 Å². The Morgan fingerprint density at radius 3 is 2.85 bits per heavy atom. The quantitative estimate of drug-likeness (QED) is 0.741. The predicted molar refractivity (Wildman–Crippen MR) is 46.5 cm³/mol. The summed E-state index contributed by atoms with van der Waals surface area (Å²) >= 11 is 0. The lowest BCUT2D eigenvalue weighted by Gasteiger charge is -1.98. The van der Waals surface area contributed by atoms with Crippen LogP contribution in [0.5, 0.6) is 0 Å². The van der Waals surface area contributed by atoms with Crippen LogP contribution in [-0.4, -0.2) is 28.4 Å². The van der Waals surface area contributed by atoms with E-state index in [9.17, 15) is 0 Å². The first-order valence-electron chi connectivity index (χ1n) is 4.93. The van der Waals surface area contributed by atoms with Crippen molar-refractivity contribution in [3.05, 3.63) is 11.6 Å². The fourth-order valence-electron chi connectivity index (χ4n) is 1.75. The third kappa shape index (κ3) is 1.35. The van der Waals surface area contributed by atoms with Crippen LogP contribution < -0.4 is 0 Å². The average Bonchev–Trinajstić information content (AvgIpc) is 2.72. The summed E-state index contributed by atoms with van der Waals surface area (Å²) in [4.78, 5) is 4.51. The maximum absolute atomic E-state index is 5.30. The van der Waals surface area contributed by atoms with E-state index < -0.39 is 0 Å². The van der Waals surface area contributed by atoms with Crippen molar-refractivity contribution in [2.45, 2.75) is 31.1 Å². The molecule has 0 radical (unpaired) electrons. The molecule has 2 fully saturated rings. The summed E-state index contributed by atoms with van der Waals surface area (Å²) in [5.74, 6) is 3.15. The Morgan fingerprint density at radius 1 is 1.23 bits per heavy atom. The monoisotopic (exact) mass is 179 g/mol. The number of H-pyrrole nitrogens is 1. The summed E-state index contributed by atoms with van der Waals surface area (Å²) in [6, 6.07) is 0. The molecule has 4 nitrogen and oxygen atoms in total. The normalized spacial score (nSPS) is 28.2. The van der Waals surface area contributed by atoms with E-state index in [2.05, 4.69) is 15.2 Å². The zero-order chi connectivity index (χ0) is 8.67. The third-order valence-corrected chi connectivity index (χ3v) is 2.78. The number of rotatable bonds is 2. The Balaban J connectivity index is 1.79. The lowest BCUT2D eigenvalue weighted by atomic mass is 10.1. The van der Waals surface area contributed by atoms with Crippen molar-refractivity contribution in [3.63, 3.8) is 0 Å². The van der Waals surface area contributed by atoms with Crippen LogP contribution >= 0.6 is 0 Å². The van der Waals surface area contributed by atoms with Gasteiger partial charge in [0.25, 0.3) is 0 Å². The van der Waals surface area contributed by atoms with Gasteiger partial charge in [0.2, 0.25) is 0 Å². The highest BCUT2D eigenvalue weighted by atomic mass is 16.5. The molecule has 0 aromatic carbocycles. The number of aromatic amines is 1. The molecule has 1 aromatic heterocycles. The summed E-state index contributed by atoms with van der Waals surface area (Å²) in [7, 11) is 0. The lowest BCUT2D eigenvalue weighted by Crippen LogP contribution is -1.99. The summed E-state index contributed by atoms with van der Waals surface area (Å²) < 4.78 is 5.30. The number of hydrogen-bond acceptors (Lipinski definition) is 3. The smallest absolute Gasteiger partial charge is 0.156 e. The van der Waals surface area contributed by atoms with Crippen LogP contribution in [0.2, 0.25) is 0 Å². The molecule has 2 heterocycles. The van der Waals surface area contributed by atoms with E-state index in [1.54, 1.807) is 0 Å². The molecule has 13 heavy (non-hydrogen) atoms. The Hall–Kier alpha value is -0.900. The van der Waals surface area contributed by atoms with Crippen molar-refractivity contribution in [2.24, 2.45) is 0 Å². The number of ether oxygens (including phenoxy) is 1. The number of hydrogen-bond donors (Lipinski definition) is 1. The van der Waals surface area contributed by atoms with Crippen LogP contribution in [0, 0.1) is 0 Å². The number of nitrogens with zero attached hydrogens (tertiary/aromatic N) is 2. The molecule has 0 spiro atoms. The molecule has 1 aliphatic carbocycles. The fraction of sp³-hybridized carbons (Fsp3) is 0.778. The molecule has 0 bridgehead atoms. The van der Waals surface area contributed by atoms with E-state index in [0.717, 1.165) is 31.3 Å². The van der Waals surface area contributed by atoms with Crippen LogP contribution in [0.4, 0.5) is 0 Å². The second-order valence-corrected chi connectivity index (χ2v) is 3.91. The molecular weight excluding hydrogens is 166 g/mol. The maximum atomic E-state index is 5.30. The molecule has 1 unspecified atom stereocenters. The third-order valence-electron chi connectivity index (χ3n) is 2.78. The van der Waals surface area contributed by atoms with Crippen LogP contribution in [0.1, 0.15) is 42.7 Å². The van der Waals surface area contributed by atoms with Crippen molar-refractivity contribution in [3.8, 4) is 0 Å². The number of aromatic nitrogens is 3. The molecule has 1 saturated carbocycles. The van der Waals surface area contributed by atoms with E-state index in [1.165, 1.54) is 12.8 Å². The summed E-state index contributed by atoms with van der Waals surface area (Å²) in [6.45, 7) is 1.65. The highest BCUT2D eigenvalue weighted by Gasteiger charge is 2.29. The zero-order valence-corrected chi connectivity index (χ0v) is 7.49. The molecule has 0 amide bonds. The van der Waals surface area contributed by atoms with Crippen molar-refractivity contribution < 1.29 is 4.74 Å². The van der Waals surface area contributed by atoms with Gasteiger partial charge in [0.15, 0.2) is 5.82 Å². The molecular formula is C9H13N3O. The molecule has 1 atom stereocenters. The second kappa shape index (κ2) is 2.80. The first-order chi connectivity index (χ1) is 6.43. The molecule has 70 valence electrons. The number of nitrogens with one attached hydrogen (secondary N) is 1. The van der Waals surface area contributed by atoms with Crippen LogP contribution in [0.25, 0.3) is 0 Å². The van der Waals surface area contributed by atoms with Gasteiger partial charge >= 0.3 is 0 Å². The average molecular weight is 179 g/mol. The van der Waals surface area contributed by atoms with Gasteiger partial charge in [0.05, 0.1) is 6.61 Å². The van der Waals surface area contributed by atoms with Gasteiger partial charge in [-0.2, -0.15) is 5.10 Å². The predicted octanol–water partition coefficient (Wildman–Crippen LogP) is 1.19. The highest BCUT2D eigenvalue weighted by Crippen LogP contribution is 2.38. The topological polar surface area (TPSA) is 50.8 Å². The van der Waals surface area contributed by atoms with E-state index >= 15 is 0 Å². The minimum absolute atomic E-state index is 0.434. The highest BCUT2D eigenvalue weighted by molar-refractivity contribution is 5.07. The van der Waals surface area contributed by atoms with Gasteiger partial charge < -0.3 is 4.74 Å². The largest absolute Gasteiger partial charge is 0.381 e. The van der Waals surface area contributed by atoms with Crippen molar-refractivity contribution >= 4 is 0 Å². The summed E-state index contributed by atoms with van der Waals surface area (Å²) in [5, 5.41) is 7.27. The first kappa shape index (κ1) is 7.50. The molecule has 1 saturated heterocycles. The SMILES string of the molecule is C1CC(c2n[nH]c(C3CC3)n2)CO1. The first-order valence-corrected chi connectivity index (χ1v) is 4.93. The van der Waals surface area contributed by atoms with E-state index in [4.69, 9.17) is 4.74 Å². The lowest BCUT2D eigenvalue weighted by molar-refractivity contribution is 0.193. The second-order valence-electron chi connectivity index (χ2n) is 3.91. The van der Waals surface area contributed by atoms with Crippen molar-refractivity contribution in [1.29, 1.82) is 0 Å². The van der Waals surface area contributed by atoms with Gasteiger partial charge in [-0.3, -0.25) is 5.10 Å². The standard InChI is InChI=1S/C9H13N3O/c1-2-6(1)8-10-9(12-11-8)7-3-4-13-5-7/h6-7H,1-5H2,(H,10,11,12). The minimum Gasteiger partial charge on any atom is -0.381 e. The van der Waals surface area contributed by atoms with Crippen molar-refractivity contribution in [2.75, 3.05) is 13.2 Å². The molecule has 4 heteroatoms. The molecule has 1 aliphatic heterocycles. The Bertz CT molecular complexity index is 300. The van der Waals surface area contributed by atoms with E-state index in [-0.39, 0.29) is 0 Å². The molecule has 2 aliphatic rings. The van der Waals surface area contributed by atoms with E-state index in [0.29, 0.717) is 11.8 Å². The minimum atomic E-state index is 0.434. The van der Waals surface area contributed by atoms with Gasteiger partial charge in [-0.1, -0.05) is 0 Å². The fourth-order valence-corrected chi connectivity index (χ4v) is 1.75. The zero-order valence-electron chi connectivity index (χ0n) is 7.49. The molecule has 3 rings (SSSR count). The van der Waals surface area contributed by atoms with Gasteiger partial charge in [-0.15, -0.1) is 0 Å². The van der Waals surface area contributed by atoms with Gasteiger partial charge in [-0.05, 0) is 19.3 Å². The van der Waals surface area contributed by atoms with Crippen molar-refractivity contribution in [1.82, 2.24) is 15.2 Å². The van der Waals surface area contributed by atoms with Gasteiger partial charge in [0, 0.05) is 18.4 Å². The van der Waals surface area contributed by atoms with Gasteiger partial charge in [0.1, 0.15) is 5.82 Å². The van der Waals surface area contributed by atoms with Gasteiger partial charge in [-0.25, -0.2) is 4.98 Å². The Kier molecular flexibility index (Phi) is 1.62. The Labute approximate surface area is 76.7 Å². The molecule has 1 N–H and O–H groups in total.